The van der Waals surface area contributed by atoms with Crippen molar-refractivity contribution in [3.05, 3.63) is 219 Å². The van der Waals surface area contributed by atoms with Gasteiger partial charge in [0.15, 0.2) is 68.7 Å². The minimum atomic E-state index is -4.57. The Morgan fingerprint density at radius 2 is 0.767 bits per heavy atom. The lowest BCUT2D eigenvalue weighted by molar-refractivity contribution is -0.142. The number of nitrogens with zero attached hydrogens (tertiary/aromatic N) is 32. The highest BCUT2D eigenvalue weighted by atomic mass is 32.2. The number of carbonyl (C=O) groups is 2. The van der Waals surface area contributed by atoms with Gasteiger partial charge in [-0.05, 0) is 107 Å². The van der Waals surface area contributed by atoms with Crippen molar-refractivity contribution in [2.24, 2.45) is 22.8 Å². The number of amides is 2. The Hall–Kier alpha value is -16.1. The van der Waals surface area contributed by atoms with Crippen molar-refractivity contribution in [2.45, 2.75) is 121 Å². The molecule has 2 amide bonds. The molecule has 7 N–H and O–H groups in total. The summed E-state index contributed by atoms with van der Waals surface area (Å²) >= 11 is 0. The summed E-state index contributed by atoms with van der Waals surface area (Å²) in [5.41, 5.74) is 13.7. The van der Waals surface area contributed by atoms with Crippen LogP contribution in [0.4, 0.5) is 81.8 Å². The first-order valence-corrected chi connectivity index (χ1v) is 47.7. The van der Waals surface area contributed by atoms with Crippen LogP contribution in [-0.2, 0) is 36.7 Å². The molecular formula is C91H91F12N37O5S. The van der Waals surface area contributed by atoms with Crippen LogP contribution in [0.15, 0.2) is 179 Å². The Labute approximate surface area is 820 Å². The fourth-order valence-corrected chi connectivity index (χ4v) is 18.6. The van der Waals surface area contributed by atoms with Gasteiger partial charge in [-0.15, -0.1) is 0 Å². The van der Waals surface area contributed by atoms with Gasteiger partial charge < -0.3 is 40.7 Å². The summed E-state index contributed by atoms with van der Waals surface area (Å²) in [6.07, 6.45) is 25.5. The second kappa shape index (κ2) is 42.4. The van der Waals surface area contributed by atoms with E-state index in [4.69, 9.17) is 21.2 Å². The van der Waals surface area contributed by atoms with Crippen molar-refractivity contribution in [2.75, 3.05) is 103 Å². The Morgan fingerprint density at radius 1 is 0.432 bits per heavy atom. The highest BCUT2D eigenvalue weighted by Gasteiger charge is 2.40. The lowest BCUT2D eigenvalue weighted by atomic mass is 9.81. The SMILES string of the molecule is CC(NS(C)(=O)=O)C1CN(c2ccnc(-c3cnc4cnc(C(F)F)cn34)n2)CCO1.CC1(C(N)=O)CCCN(c2ccnc(-c3cnc4cnc(C(F)F)cn34)n2)C1.FC(F)(F)c1cn2c(-c3nccc(N4CCCC(c5cn[nH]c5)C4)n3)cnc2cn1.FC(F)c1cn2c(-c3nccc(N4CCCC(c5cn[nH]c5)C4)n3)cnc2cn1.NC(=O)[C@H]1CCCN(c2ccnc(-c3cnc4cnc(C(F)(F)F)cn34)n2)C1. The zero-order valence-corrected chi connectivity index (χ0v) is 78.6. The van der Waals surface area contributed by atoms with Gasteiger partial charge in [0.25, 0.3) is 19.3 Å². The number of nitrogens with one attached hydrogen (secondary N) is 3. The second-order valence-electron chi connectivity index (χ2n) is 35.2. The molecule has 5 aliphatic heterocycles. The monoisotopic (exact) mass is 2040 g/mol. The van der Waals surface area contributed by atoms with Gasteiger partial charge in [-0.25, -0.2) is 139 Å². The number of halogens is 12. The number of fused-ring (bicyclic) bond motifs is 5. The maximum absolute atomic E-state index is 13.1. The molecule has 0 spiro atoms. The molecule has 5 unspecified atom stereocenters. The van der Waals surface area contributed by atoms with E-state index in [1.807, 2.05) is 58.5 Å². The van der Waals surface area contributed by atoms with Crippen LogP contribution in [0.3, 0.4) is 0 Å². The molecular weight excluding hydrogens is 1950 g/mol. The summed E-state index contributed by atoms with van der Waals surface area (Å²) in [4.78, 5) is 117. The minimum absolute atomic E-state index is 0.227. The number of morpholine rings is 1. The topological polar surface area (TPSA) is 495 Å². The highest BCUT2D eigenvalue weighted by molar-refractivity contribution is 7.88. The largest absolute Gasteiger partial charge is 0.434 e. The maximum atomic E-state index is 13.1. The van der Waals surface area contributed by atoms with Gasteiger partial charge in [0.1, 0.15) is 74.6 Å². The van der Waals surface area contributed by atoms with Crippen LogP contribution >= 0.6 is 0 Å². The second-order valence-corrected chi connectivity index (χ2v) is 37.0. The summed E-state index contributed by atoms with van der Waals surface area (Å²) in [6, 6.07) is 8.45. The molecule has 22 rings (SSSR count). The average molecular weight is 2040 g/mol. The van der Waals surface area contributed by atoms with E-state index in [9.17, 15) is 70.7 Å². The molecule has 0 radical (unpaired) electrons. The molecule has 0 bridgehead atoms. The molecule has 55 heteroatoms. The lowest BCUT2D eigenvalue weighted by Gasteiger charge is -2.38. The van der Waals surface area contributed by atoms with Crippen molar-refractivity contribution in [1.29, 1.82) is 0 Å². The number of carbonyl (C=O) groups excluding carboxylic acids is 2. The number of imidazole rings is 5. The fourth-order valence-electron chi connectivity index (χ4n) is 17.7. The van der Waals surface area contributed by atoms with Gasteiger partial charge in [0, 0.05) is 158 Å². The first-order chi connectivity index (χ1) is 70.1. The number of H-pyrrole nitrogens is 2. The molecule has 146 heavy (non-hydrogen) atoms. The Balaban J connectivity index is 0.000000120. The van der Waals surface area contributed by atoms with E-state index in [0.29, 0.717) is 143 Å². The number of alkyl halides is 12. The number of aromatic amines is 2. The van der Waals surface area contributed by atoms with Crippen LogP contribution < -0.4 is 40.7 Å². The van der Waals surface area contributed by atoms with Gasteiger partial charge in [-0.3, -0.25) is 41.8 Å². The van der Waals surface area contributed by atoms with E-state index in [-0.39, 0.29) is 52.4 Å². The highest BCUT2D eigenvalue weighted by Crippen LogP contribution is 2.39. The molecule has 42 nitrogen and oxygen atoms in total. The van der Waals surface area contributed by atoms with E-state index >= 15 is 0 Å². The van der Waals surface area contributed by atoms with Gasteiger partial charge >= 0.3 is 12.4 Å². The van der Waals surface area contributed by atoms with E-state index < -0.39 is 64.5 Å². The number of hydrogen-bond donors (Lipinski definition) is 5. The molecule has 22 heterocycles. The molecule has 0 aromatic carbocycles. The third kappa shape index (κ3) is 22.7. The lowest BCUT2D eigenvalue weighted by Crippen LogP contribution is -2.52. The quantitative estimate of drug-likeness (QED) is 0.0442. The molecule has 17 aromatic rings. The molecule has 0 aliphatic carbocycles. The zero-order valence-electron chi connectivity index (χ0n) is 77.7. The number of hydrogen-bond acceptors (Lipinski definition) is 32. The van der Waals surface area contributed by atoms with Gasteiger partial charge in [0.2, 0.25) is 21.8 Å². The van der Waals surface area contributed by atoms with Gasteiger partial charge in [-0.2, -0.15) is 36.5 Å². The number of piperidine rings is 4. The van der Waals surface area contributed by atoms with Crippen LogP contribution in [0.1, 0.15) is 136 Å². The molecule has 5 fully saturated rings. The van der Waals surface area contributed by atoms with E-state index in [0.717, 1.165) is 132 Å². The standard InChI is InChI=1S/C19H17F3N8.C19H18F2N8.C18H21F2N7O3S.C18H19F2N7O.C17H16F3N7O/c20-19(21,22)15-11-30-14(8-25-17(30)9-24-15)18-23-4-3-16(28-18)29-5-1-2-12(10-29)13-6-26-27-7-13;20-18(21)14-11-29-15(8-24-17(29)9-23-14)19-22-4-3-16(27-19)28-5-1-2-12(10-28)13-6-25-26-7-13;1-11(25-31(2,28)29)14-10-26(5-6-30-14)15-3-4-21-18(24-15)13-7-23-16-8-22-12(17(19)20)9-27(13)16;1-18(17(21)28)4-2-6-26(10-18)13-3-5-22-16(25-13)12-7-24-14-8-23-11(15(19)20)9-27(12)14;18-17(19,20)12-9-27-11(6-24-14(27)7-23-12)16-22-4-3-13(25-16)26-5-1-2-10(8-26)15(21)28/h3-4,6-9,11-12H,1-2,5,10H2,(H,26,27);3-4,6-9,11-12,18H,1-2,5,10H2,(H,25,26);3-4,7-9,11,14,17,25H,5-6,10H2,1-2H3;3,5,7-9,15H,2,4,6,10H2,1H3,(H2,21,28);3-4,6-7,9-10H,1-2,5,8H2,(H2,21,28)/t;;;;10-/m....0/s1. The van der Waals surface area contributed by atoms with Gasteiger partial charge in [-0.1, -0.05) is 0 Å². The molecule has 6 atom stereocenters. The first-order valence-electron chi connectivity index (χ1n) is 45.8. The number of nitrogens with two attached hydrogens (primary N) is 2. The van der Waals surface area contributed by atoms with Crippen molar-refractivity contribution in [1.82, 2.24) is 147 Å². The van der Waals surface area contributed by atoms with Gasteiger partial charge in [0.05, 0.1) is 105 Å². The van der Waals surface area contributed by atoms with Crippen LogP contribution in [-0.4, -0.2) is 253 Å². The summed E-state index contributed by atoms with van der Waals surface area (Å²) in [6.45, 7) is 10.7. The number of rotatable bonds is 20. The molecule has 760 valence electrons. The molecule has 17 aromatic heterocycles. The number of primary amides is 2. The first kappa shape index (κ1) is 100. The number of sulfonamides is 1. The van der Waals surface area contributed by atoms with Crippen LogP contribution in [0.25, 0.3) is 85.8 Å². The Morgan fingerprint density at radius 3 is 1.10 bits per heavy atom. The van der Waals surface area contributed by atoms with Crippen molar-refractivity contribution >= 4 is 79.2 Å². The molecule has 5 saturated heterocycles. The smallest absolute Gasteiger partial charge is 0.373 e. The van der Waals surface area contributed by atoms with Crippen LogP contribution in [0.5, 0.6) is 0 Å². The normalized spacial score (nSPS) is 18.3. The predicted octanol–water partition coefficient (Wildman–Crippen LogP) is 11.9. The van der Waals surface area contributed by atoms with E-state index in [1.165, 1.54) is 91.3 Å². The van der Waals surface area contributed by atoms with E-state index in [2.05, 4.69) is 130 Å². The van der Waals surface area contributed by atoms with Crippen molar-refractivity contribution < 1.29 is 75.4 Å². The predicted molar refractivity (Wildman–Crippen MR) is 503 cm³/mol. The van der Waals surface area contributed by atoms with Crippen LogP contribution in [0, 0.1) is 11.3 Å². The zero-order chi connectivity index (χ0) is 102. The van der Waals surface area contributed by atoms with Crippen molar-refractivity contribution in [3.8, 4) is 57.6 Å². The summed E-state index contributed by atoms with van der Waals surface area (Å²) in [7, 11) is -3.36. The Kier molecular flexibility index (Phi) is 29.1. The summed E-state index contributed by atoms with van der Waals surface area (Å²) in [5.74, 6) is 4.80. The van der Waals surface area contributed by atoms with Crippen molar-refractivity contribution in [3.63, 3.8) is 0 Å². The number of ether oxygens (including phenoxy) is 1. The van der Waals surface area contributed by atoms with E-state index in [1.54, 1.807) is 60.5 Å². The fraction of sp³-hybridized carbons (Fsp3) is 0.363. The van der Waals surface area contributed by atoms with Crippen LogP contribution in [0.2, 0.25) is 0 Å². The summed E-state index contributed by atoms with van der Waals surface area (Å²) in [5, 5.41) is 13.8. The third-order valence-electron chi connectivity index (χ3n) is 25.3. The maximum Gasteiger partial charge on any atom is 0.434 e. The number of anilines is 5. The third-order valence-corrected chi connectivity index (χ3v) is 26.1. The minimum Gasteiger partial charge on any atom is -0.373 e. The molecule has 5 aliphatic rings. The summed E-state index contributed by atoms with van der Waals surface area (Å²) < 4.78 is 195. The Bertz CT molecular complexity index is 7600. The average Bonchev–Trinajstić information content (AvgIpc) is 1.61. The molecule has 0 saturated carbocycles. The number of aromatic nitrogens is 29.